The van der Waals surface area contributed by atoms with Crippen LogP contribution in [0.2, 0.25) is 10.0 Å². The van der Waals surface area contributed by atoms with E-state index in [0.717, 1.165) is 0 Å². The maximum absolute atomic E-state index is 12.3. The second kappa shape index (κ2) is 6.30. The second-order valence-corrected chi connectivity index (χ2v) is 5.41. The number of carbonyl (C=O) groups is 1. The molecule has 0 aliphatic carbocycles. The zero-order valence-electron chi connectivity index (χ0n) is 10.8. The minimum Gasteiger partial charge on any atom is -0.396 e. The van der Waals surface area contributed by atoms with Crippen molar-refractivity contribution in [3.63, 3.8) is 0 Å². The van der Waals surface area contributed by atoms with Gasteiger partial charge in [0.1, 0.15) is 0 Å². The molecule has 0 fully saturated rings. The summed E-state index contributed by atoms with van der Waals surface area (Å²) in [6, 6.07) is 3.13. The number of benzene rings is 1. The average molecular weight is 289 g/mol. The normalized spacial score (nSPS) is 10.8. The van der Waals surface area contributed by atoms with Gasteiger partial charge in [-0.15, -0.1) is 0 Å². The summed E-state index contributed by atoms with van der Waals surface area (Å²) in [5.74, 6) is 0.337. The summed E-state index contributed by atoms with van der Waals surface area (Å²) in [6.45, 7) is 7.43. The Morgan fingerprint density at radius 3 is 2.22 bits per heavy atom. The van der Waals surface area contributed by atoms with Crippen LogP contribution >= 0.6 is 23.2 Å². The number of nitrogen functional groups attached to an aromatic ring is 1. The molecule has 0 radical (unpaired) electrons. The summed E-state index contributed by atoms with van der Waals surface area (Å²) in [5.41, 5.74) is 6.43. The van der Waals surface area contributed by atoms with Crippen molar-refractivity contribution in [2.24, 2.45) is 5.92 Å². The van der Waals surface area contributed by atoms with Gasteiger partial charge in [-0.05, 0) is 25.0 Å². The third kappa shape index (κ3) is 3.53. The second-order valence-electron chi connectivity index (χ2n) is 4.59. The van der Waals surface area contributed by atoms with Gasteiger partial charge in [0, 0.05) is 18.7 Å². The fourth-order valence-corrected chi connectivity index (χ4v) is 2.17. The molecule has 0 aromatic heterocycles. The number of anilines is 1. The molecule has 0 heterocycles. The van der Waals surface area contributed by atoms with E-state index in [-0.39, 0.29) is 5.91 Å². The monoisotopic (exact) mass is 288 g/mol. The van der Waals surface area contributed by atoms with Crippen LogP contribution in [-0.2, 0) is 0 Å². The van der Waals surface area contributed by atoms with Crippen LogP contribution < -0.4 is 5.73 Å². The first-order valence-corrected chi connectivity index (χ1v) is 6.66. The van der Waals surface area contributed by atoms with E-state index in [9.17, 15) is 4.79 Å². The number of hydrogen-bond donors (Lipinski definition) is 1. The number of nitrogens with two attached hydrogens (primary N) is 1. The van der Waals surface area contributed by atoms with E-state index in [1.54, 1.807) is 17.0 Å². The molecule has 100 valence electrons. The third-order valence-electron chi connectivity index (χ3n) is 2.58. The van der Waals surface area contributed by atoms with Crippen LogP contribution in [0, 0.1) is 5.92 Å². The van der Waals surface area contributed by atoms with E-state index in [4.69, 9.17) is 28.9 Å². The molecule has 2 N–H and O–H groups in total. The first-order valence-electron chi connectivity index (χ1n) is 5.90. The van der Waals surface area contributed by atoms with E-state index >= 15 is 0 Å². The summed E-state index contributed by atoms with van der Waals surface area (Å²) in [5, 5.41) is 0.623. The highest BCUT2D eigenvalue weighted by Gasteiger charge is 2.17. The highest BCUT2D eigenvalue weighted by atomic mass is 35.5. The lowest BCUT2D eigenvalue weighted by atomic mass is 10.1. The molecule has 0 saturated heterocycles. The lowest BCUT2D eigenvalue weighted by Gasteiger charge is -2.23. The highest BCUT2D eigenvalue weighted by Crippen LogP contribution is 2.29. The maximum atomic E-state index is 12.3. The predicted molar refractivity (Wildman–Crippen MR) is 77.3 cm³/mol. The van der Waals surface area contributed by atoms with Gasteiger partial charge in [0.25, 0.3) is 5.91 Å². The highest BCUT2D eigenvalue weighted by molar-refractivity contribution is 6.39. The molecule has 0 atom stereocenters. The summed E-state index contributed by atoms with van der Waals surface area (Å²) in [4.78, 5) is 14.1. The van der Waals surface area contributed by atoms with Gasteiger partial charge in [-0.3, -0.25) is 4.79 Å². The van der Waals surface area contributed by atoms with Crippen LogP contribution in [0.4, 0.5) is 5.69 Å². The molecule has 0 saturated carbocycles. The van der Waals surface area contributed by atoms with Gasteiger partial charge >= 0.3 is 0 Å². The molecular formula is C13H18Cl2N2O. The number of halogens is 2. The van der Waals surface area contributed by atoms with Crippen molar-refractivity contribution < 1.29 is 4.79 Å². The minimum atomic E-state index is -0.0741. The van der Waals surface area contributed by atoms with Gasteiger partial charge in [-0.2, -0.15) is 0 Å². The smallest absolute Gasteiger partial charge is 0.253 e. The summed E-state index contributed by atoms with van der Waals surface area (Å²) in [6.07, 6.45) is 0. The third-order valence-corrected chi connectivity index (χ3v) is 3.21. The van der Waals surface area contributed by atoms with E-state index in [2.05, 4.69) is 13.8 Å². The van der Waals surface area contributed by atoms with Crippen molar-refractivity contribution in [2.45, 2.75) is 20.8 Å². The first-order chi connectivity index (χ1) is 8.36. The molecule has 1 amide bonds. The predicted octanol–water partition coefficient (Wildman–Crippen LogP) is 3.69. The molecule has 1 aromatic rings. The lowest BCUT2D eigenvalue weighted by molar-refractivity contribution is 0.0746. The van der Waals surface area contributed by atoms with Gasteiger partial charge in [0.15, 0.2) is 0 Å². The van der Waals surface area contributed by atoms with Crippen molar-refractivity contribution in [1.29, 1.82) is 0 Å². The topological polar surface area (TPSA) is 46.3 Å². The van der Waals surface area contributed by atoms with E-state index in [1.165, 1.54) is 0 Å². The largest absolute Gasteiger partial charge is 0.396 e. The van der Waals surface area contributed by atoms with Crippen molar-refractivity contribution in [1.82, 2.24) is 4.90 Å². The Kier molecular flexibility index (Phi) is 5.29. The van der Waals surface area contributed by atoms with E-state index in [0.29, 0.717) is 40.3 Å². The fourth-order valence-electron chi connectivity index (χ4n) is 1.69. The van der Waals surface area contributed by atoms with Crippen LogP contribution in [-0.4, -0.2) is 23.9 Å². The van der Waals surface area contributed by atoms with Gasteiger partial charge in [-0.1, -0.05) is 37.0 Å². The average Bonchev–Trinajstić information content (AvgIpc) is 2.31. The molecule has 1 aromatic carbocycles. The minimum absolute atomic E-state index is 0.0741. The Balaban J connectivity index is 3.02. The molecule has 5 heteroatoms. The fraction of sp³-hybridized carbons (Fsp3) is 0.462. The van der Waals surface area contributed by atoms with Crippen molar-refractivity contribution in [3.05, 3.63) is 27.7 Å². The van der Waals surface area contributed by atoms with Gasteiger partial charge in [-0.25, -0.2) is 0 Å². The SMILES string of the molecule is CCN(CC(C)C)C(=O)c1cc(Cl)c(N)c(Cl)c1. The van der Waals surface area contributed by atoms with E-state index < -0.39 is 0 Å². The molecule has 0 spiro atoms. The van der Waals surface area contributed by atoms with Crippen LogP contribution in [0.1, 0.15) is 31.1 Å². The molecule has 0 unspecified atom stereocenters. The standard InChI is InChI=1S/C13H18Cl2N2O/c1-4-17(7-8(2)3)13(18)9-5-10(14)12(16)11(15)6-9/h5-6,8H,4,7,16H2,1-3H3. The van der Waals surface area contributed by atoms with E-state index in [1.807, 2.05) is 6.92 Å². The molecule has 3 nitrogen and oxygen atoms in total. The van der Waals surface area contributed by atoms with Crippen LogP contribution in [0.15, 0.2) is 12.1 Å². The number of rotatable bonds is 4. The molecule has 1 rings (SSSR count). The number of carbonyl (C=O) groups excluding carboxylic acids is 1. The lowest BCUT2D eigenvalue weighted by Crippen LogP contribution is -2.34. The van der Waals surface area contributed by atoms with Crippen LogP contribution in [0.5, 0.6) is 0 Å². The zero-order valence-corrected chi connectivity index (χ0v) is 12.3. The Hall–Kier alpha value is -0.930. The molecule has 18 heavy (non-hydrogen) atoms. The Labute approximate surface area is 118 Å². The van der Waals surface area contributed by atoms with Crippen LogP contribution in [0.3, 0.4) is 0 Å². The number of amides is 1. The van der Waals surface area contributed by atoms with Crippen molar-refractivity contribution >= 4 is 34.8 Å². The zero-order chi connectivity index (χ0) is 13.9. The van der Waals surface area contributed by atoms with Crippen LogP contribution in [0.25, 0.3) is 0 Å². The summed E-state index contributed by atoms with van der Waals surface area (Å²) in [7, 11) is 0. The number of nitrogens with zero attached hydrogens (tertiary/aromatic N) is 1. The quantitative estimate of drug-likeness (QED) is 0.859. The van der Waals surface area contributed by atoms with Gasteiger partial charge in [0.2, 0.25) is 0 Å². The summed E-state index contributed by atoms with van der Waals surface area (Å²) >= 11 is 11.9. The Bertz CT molecular complexity index is 424. The van der Waals surface area contributed by atoms with Gasteiger partial charge in [0.05, 0.1) is 15.7 Å². The first kappa shape index (κ1) is 15.1. The summed E-state index contributed by atoms with van der Waals surface area (Å²) < 4.78 is 0. The number of hydrogen-bond acceptors (Lipinski definition) is 2. The van der Waals surface area contributed by atoms with Crippen molar-refractivity contribution in [2.75, 3.05) is 18.8 Å². The molecule has 0 aliphatic heterocycles. The van der Waals surface area contributed by atoms with Gasteiger partial charge < -0.3 is 10.6 Å². The molecule has 0 bridgehead atoms. The molecular weight excluding hydrogens is 271 g/mol. The Morgan fingerprint density at radius 2 is 1.83 bits per heavy atom. The molecule has 0 aliphatic rings. The van der Waals surface area contributed by atoms with Crippen molar-refractivity contribution in [3.8, 4) is 0 Å². The maximum Gasteiger partial charge on any atom is 0.253 e. The Morgan fingerprint density at radius 1 is 1.33 bits per heavy atom.